The molecule has 2 atom stereocenters. The van der Waals surface area contributed by atoms with E-state index in [0.29, 0.717) is 5.39 Å². The number of nitro groups is 1. The number of para-hydroxylation sites is 1. The summed E-state index contributed by atoms with van der Waals surface area (Å²) in [6.45, 7) is 1.79. The monoisotopic (exact) mass is 309 g/mol. The number of esters is 1. The van der Waals surface area contributed by atoms with Crippen molar-refractivity contribution in [2.24, 2.45) is 0 Å². The van der Waals surface area contributed by atoms with Crippen LogP contribution in [0.15, 0.2) is 18.2 Å². The smallest absolute Gasteiger partial charge is 0.308 e. The lowest BCUT2D eigenvalue weighted by molar-refractivity contribution is -0.383. The zero-order chi connectivity index (χ0) is 16.3. The number of hydrogen-bond donors (Lipinski definition) is 3. The van der Waals surface area contributed by atoms with Crippen LogP contribution in [0.25, 0.3) is 10.9 Å². The van der Waals surface area contributed by atoms with Crippen molar-refractivity contribution in [2.45, 2.75) is 25.6 Å². The highest BCUT2D eigenvalue weighted by Gasteiger charge is 2.27. The van der Waals surface area contributed by atoms with Crippen LogP contribution >= 0.6 is 0 Å². The van der Waals surface area contributed by atoms with Gasteiger partial charge in [-0.1, -0.05) is 12.1 Å². The highest BCUT2D eigenvalue weighted by atomic mass is 16.6. The fourth-order valence-electron chi connectivity index (χ4n) is 2.11. The molecule has 0 aliphatic heterocycles. The number of fused-ring (bicyclic) bond motifs is 1. The Morgan fingerprint density at radius 3 is 2.86 bits per heavy atom. The largest absolute Gasteiger partial charge is 0.466 e. The number of H-pyrrole nitrogens is 1. The minimum atomic E-state index is -1.45. The maximum Gasteiger partial charge on any atom is 0.308 e. The quantitative estimate of drug-likeness (QED) is 0.408. The van der Waals surface area contributed by atoms with Gasteiger partial charge in [0.15, 0.2) is 5.52 Å². The van der Waals surface area contributed by atoms with Gasteiger partial charge in [-0.25, -0.2) is 0 Å². The second kappa shape index (κ2) is 6.50. The SMILES string of the molecule is CCOC(=O)CC(O)C(O)c1[nH]nc2c([N+](=O)[O-])cccc12. The van der Waals surface area contributed by atoms with E-state index in [9.17, 15) is 25.1 Å². The number of aromatic amines is 1. The Bertz CT molecular complexity index is 698. The molecule has 2 rings (SSSR count). The predicted molar refractivity (Wildman–Crippen MR) is 75.0 cm³/mol. The van der Waals surface area contributed by atoms with Crippen LogP contribution in [0, 0.1) is 10.1 Å². The zero-order valence-electron chi connectivity index (χ0n) is 11.7. The summed E-state index contributed by atoms with van der Waals surface area (Å²) in [4.78, 5) is 21.7. The minimum Gasteiger partial charge on any atom is -0.466 e. The third-order valence-corrected chi connectivity index (χ3v) is 3.13. The summed E-state index contributed by atoms with van der Waals surface area (Å²) in [5.41, 5.74) is -0.0348. The third kappa shape index (κ3) is 3.05. The normalized spacial score (nSPS) is 13.8. The molecule has 0 aliphatic rings. The van der Waals surface area contributed by atoms with Crippen LogP contribution in [-0.4, -0.2) is 44.0 Å². The average molecular weight is 309 g/mol. The molecule has 9 nitrogen and oxygen atoms in total. The topological polar surface area (TPSA) is 139 Å². The number of ether oxygens (including phenoxy) is 1. The molecule has 9 heteroatoms. The highest BCUT2D eigenvalue weighted by molar-refractivity contribution is 5.89. The Kier molecular flexibility index (Phi) is 4.68. The van der Waals surface area contributed by atoms with E-state index in [1.54, 1.807) is 6.92 Å². The van der Waals surface area contributed by atoms with Crippen molar-refractivity contribution in [3.8, 4) is 0 Å². The first-order valence-corrected chi connectivity index (χ1v) is 6.58. The summed E-state index contributed by atoms with van der Waals surface area (Å²) in [7, 11) is 0. The van der Waals surface area contributed by atoms with Crippen molar-refractivity contribution in [3.63, 3.8) is 0 Å². The Balaban J connectivity index is 2.29. The van der Waals surface area contributed by atoms with Crippen molar-refractivity contribution in [1.82, 2.24) is 10.2 Å². The summed E-state index contributed by atoms with van der Waals surface area (Å²) in [5.74, 6) is -0.649. The summed E-state index contributed by atoms with van der Waals surface area (Å²) < 4.78 is 4.69. The van der Waals surface area contributed by atoms with Crippen LogP contribution < -0.4 is 0 Å². The third-order valence-electron chi connectivity index (χ3n) is 3.13. The number of benzene rings is 1. The van der Waals surface area contributed by atoms with Gasteiger partial charge in [-0.15, -0.1) is 0 Å². The number of aromatic nitrogens is 2. The van der Waals surface area contributed by atoms with Gasteiger partial charge in [0, 0.05) is 11.5 Å². The Morgan fingerprint density at radius 2 is 2.23 bits per heavy atom. The summed E-state index contributed by atoms with van der Waals surface area (Å²) in [5, 5.41) is 37.5. The van der Waals surface area contributed by atoms with Crippen molar-refractivity contribution < 1.29 is 24.7 Å². The Morgan fingerprint density at radius 1 is 1.50 bits per heavy atom. The molecule has 0 spiro atoms. The summed E-state index contributed by atoms with van der Waals surface area (Å²) in [6.07, 6.45) is -3.26. The molecule has 0 saturated heterocycles. The molecule has 1 aromatic heterocycles. The van der Waals surface area contributed by atoms with Gasteiger partial charge < -0.3 is 14.9 Å². The van der Waals surface area contributed by atoms with Crippen molar-refractivity contribution >= 4 is 22.6 Å². The highest BCUT2D eigenvalue weighted by Crippen LogP contribution is 2.30. The van der Waals surface area contributed by atoms with E-state index in [1.807, 2.05) is 0 Å². The molecular weight excluding hydrogens is 294 g/mol. The van der Waals surface area contributed by atoms with Crippen molar-refractivity contribution in [1.29, 1.82) is 0 Å². The van der Waals surface area contributed by atoms with Crippen LogP contribution in [0.2, 0.25) is 0 Å². The second-order valence-electron chi connectivity index (χ2n) is 4.59. The van der Waals surface area contributed by atoms with E-state index in [2.05, 4.69) is 10.2 Å². The first kappa shape index (κ1) is 15.9. The molecule has 22 heavy (non-hydrogen) atoms. The van der Waals surface area contributed by atoms with E-state index in [-0.39, 0.29) is 23.5 Å². The number of nitrogens with zero attached hydrogens (tertiary/aromatic N) is 2. The van der Waals surface area contributed by atoms with Gasteiger partial charge in [0.2, 0.25) is 0 Å². The van der Waals surface area contributed by atoms with Crippen LogP contribution in [-0.2, 0) is 9.53 Å². The molecule has 118 valence electrons. The second-order valence-corrected chi connectivity index (χ2v) is 4.59. The predicted octanol–water partition coefficient (Wildman–Crippen LogP) is 0.819. The zero-order valence-corrected chi connectivity index (χ0v) is 11.7. The number of hydrogen-bond acceptors (Lipinski definition) is 7. The Hall–Kier alpha value is -2.52. The van der Waals surface area contributed by atoms with Gasteiger partial charge >= 0.3 is 5.97 Å². The van der Waals surface area contributed by atoms with Crippen LogP contribution in [0.4, 0.5) is 5.69 Å². The summed E-state index contributed by atoms with van der Waals surface area (Å²) >= 11 is 0. The number of nitrogens with one attached hydrogen (secondary N) is 1. The molecule has 0 aliphatic carbocycles. The number of aliphatic hydroxyl groups excluding tert-OH is 2. The van der Waals surface area contributed by atoms with E-state index in [1.165, 1.54) is 18.2 Å². The van der Waals surface area contributed by atoms with Gasteiger partial charge in [0.05, 0.1) is 29.7 Å². The number of nitro benzene ring substituents is 1. The molecule has 1 heterocycles. The molecule has 2 aromatic rings. The Labute approximate surface area is 124 Å². The van der Waals surface area contributed by atoms with E-state index in [0.717, 1.165) is 0 Å². The van der Waals surface area contributed by atoms with Crippen LogP contribution in [0.1, 0.15) is 25.1 Å². The molecule has 0 saturated carbocycles. The first-order chi connectivity index (χ1) is 10.5. The molecule has 0 radical (unpaired) electrons. The number of carbonyl (C=O) groups is 1. The van der Waals surface area contributed by atoms with Crippen molar-refractivity contribution in [2.75, 3.05) is 6.61 Å². The van der Waals surface area contributed by atoms with Gasteiger partial charge in [-0.2, -0.15) is 5.10 Å². The number of aliphatic hydroxyl groups is 2. The lowest BCUT2D eigenvalue weighted by Crippen LogP contribution is -2.23. The maximum atomic E-state index is 11.3. The molecule has 0 bridgehead atoms. The number of carbonyl (C=O) groups excluding carboxylic acids is 1. The van der Waals surface area contributed by atoms with E-state index >= 15 is 0 Å². The van der Waals surface area contributed by atoms with E-state index in [4.69, 9.17) is 4.74 Å². The lowest BCUT2D eigenvalue weighted by atomic mass is 10.0. The maximum absolute atomic E-state index is 11.3. The van der Waals surface area contributed by atoms with Gasteiger partial charge in [0.25, 0.3) is 5.69 Å². The fraction of sp³-hybridized carbons (Fsp3) is 0.385. The molecule has 2 unspecified atom stereocenters. The summed E-state index contributed by atoms with van der Waals surface area (Å²) in [6, 6.07) is 4.26. The molecule has 1 aromatic carbocycles. The first-order valence-electron chi connectivity index (χ1n) is 6.58. The van der Waals surface area contributed by atoms with Gasteiger partial charge in [-0.05, 0) is 6.92 Å². The van der Waals surface area contributed by atoms with E-state index < -0.39 is 29.5 Å². The molecular formula is C13H15N3O6. The molecule has 0 amide bonds. The standard InChI is InChI=1S/C13H15N3O6/c1-2-22-10(18)6-9(17)13(19)12-7-4-3-5-8(16(20)21)11(7)14-15-12/h3-5,9,13,17,19H,2,6H2,1H3,(H,14,15). The minimum absolute atomic E-state index is 0.0740. The van der Waals surface area contributed by atoms with Crippen LogP contribution in [0.5, 0.6) is 0 Å². The molecule has 0 fully saturated rings. The van der Waals surface area contributed by atoms with Gasteiger partial charge in [-0.3, -0.25) is 20.0 Å². The number of rotatable bonds is 6. The number of non-ortho nitro benzene ring substituents is 1. The van der Waals surface area contributed by atoms with Crippen molar-refractivity contribution in [3.05, 3.63) is 34.0 Å². The fourth-order valence-corrected chi connectivity index (χ4v) is 2.11. The van der Waals surface area contributed by atoms with Gasteiger partial charge in [0.1, 0.15) is 6.10 Å². The van der Waals surface area contributed by atoms with Crippen LogP contribution in [0.3, 0.4) is 0 Å². The molecule has 3 N–H and O–H groups in total. The lowest BCUT2D eigenvalue weighted by Gasteiger charge is -2.16. The average Bonchev–Trinajstić information content (AvgIpc) is 2.90.